The van der Waals surface area contributed by atoms with Crippen LogP contribution in [0.1, 0.15) is 126 Å². The lowest BCUT2D eigenvalue weighted by Gasteiger charge is -2.72. The lowest BCUT2D eigenvalue weighted by Crippen LogP contribution is -2.66. The lowest BCUT2D eigenvalue weighted by atomic mass is 9.32. The summed E-state index contributed by atoms with van der Waals surface area (Å²) in [6.07, 6.45) is 16.7. The third-order valence-corrected chi connectivity index (χ3v) is 17.4. The second kappa shape index (κ2) is 13.0. The fraction of sp³-hybridized carbons (Fsp3) is 0.884. The van der Waals surface area contributed by atoms with Gasteiger partial charge < -0.3 is 20.4 Å². The molecule has 0 bridgehead atoms. The highest BCUT2D eigenvalue weighted by molar-refractivity contribution is 5.75. The van der Waals surface area contributed by atoms with Crippen LogP contribution in [0.3, 0.4) is 0 Å². The van der Waals surface area contributed by atoms with Crippen LogP contribution in [0, 0.1) is 68.0 Å². The number of aliphatic carboxylic acids is 1. The maximum absolute atomic E-state index is 14.0. The molecule has 0 heterocycles. The molecule has 6 rings (SSSR count). The van der Waals surface area contributed by atoms with Gasteiger partial charge in [-0.1, -0.05) is 60.6 Å². The standard InChI is InChI=1S/C43H71FN2O3/c1-28(2)30-14-21-43(35(47)26-45-24-25-46(8)9)23-22-40(6)32(36(30)43)10-11-34-39(5)17-15-31(38(3,4)33(39)16-18-41(34,40)7)29-12-19-42(27-44,20-13-29)37(48)49/h12,15,28,30,32-36,45,47H,10-11,13-14,16-27H2,1-9H3,(H,48,49)/t30-,32+,33-,34+,35?,36+,39-,40+,41+,42-,43+/m0/s1. The van der Waals surface area contributed by atoms with Crippen molar-refractivity contribution >= 4 is 5.97 Å². The molecule has 3 N–H and O–H groups in total. The molecular formula is C43H71FN2O3. The molecule has 6 heteroatoms. The molecule has 6 aliphatic rings. The van der Waals surface area contributed by atoms with Gasteiger partial charge in [0.15, 0.2) is 0 Å². The number of nitrogens with zero attached hydrogens (tertiary/aromatic N) is 1. The number of carboxylic acids is 1. The molecule has 0 aromatic rings. The van der Waals surface area contributed by atoms with Crippen LogP contribution in [0.2, 0.25) is 0 Å². The Morgan fingerprint density at radius 1 is 0.939 bits per heavy atom. The molecule has 11 atom stereocenters. The number of aliphatic hydroxyl groups is 1. The minimum Gasteiger partial charge on any atom is -0.481 e. The summed E-state index contributed by atoms with van der Waals surface area (Å²) in [4.78, 5) is 14.2. The minimum atomic E-state index is -1.25. The van der Waals surface area contributed by atoms with Gasteiger partial charge in [-0.15, -0.1) is 0 Å². The number of alkyl halides is 1. The molecule has 0 aromatic carbocycles. The molecule has 0 aliphatic heterocycles. The summed E-state index contributed by atoms with van der Waals surface area (Å²) in [6.45, 7) is 19.7. The van der Waals surface area contributed by atoms with Gasteiger partial charge in [-0.2, -0.15) is 0 Å². The first kappa shape index (κ1) is 37.5. The third-order valence-electron chi connectivity index (χ3n) is 17.4. The van der Waals surface area contributed by atoms with Crippen molar-refractivity contribution in [3.05, 3.63) is 23.3 Å². The molecule has 6 aliphatic carbocycles. The van der Waals surface area contributed by atoms with Crippen molar-refractivity contribution < 1.29 is 19.4 Å². The average Bonchev–Trinajstić information content (AvgIpc) is 3.44. The summed E-state index contributed by atoms with van der Waals surface area (Å²) in [6, 6.07) is 0. The van der Waals surface area contributed by atoms with E-state index in [1.54, 1.807) is 0 Å². The molecule has 0 saturated heterocycles. The number of fused-ring (bicyclic) bond motifs is 7. The van der Waals surface area contributed by atoms with E-state index in [-0.39, 0.29) is 33.2 Å². The highest BCUT2D eigenvalue weighted by Crippen LogP contribution is 2.78. The Balaban J connectivity index is 1.28. The van der Waals surface area contributed by atoms with Gasteiger partial charge in [-0.05, 0) is 159 Å². The number of halogens is 1. The number of hydrogen-bond donors (Lipinski definition) is 3. The zero-order valence-electron chi connectivity index (χ0n) is 32.6. The number of aliphatic hydroxyl groups excluding tert-OH is 1. The van der Waals surface area contributed by atoms with Gasteiger partial charge in [0.05, 0.1) is 11.5 Å². The van der Waals surface area contributed by atoms with E-state index >= 15 is 0 Å². The largest absolute Gasteiger partial charge is 0.481 e. The smallest absolute Gasteiger partial charge is 0.312 e. The fourth-order valence-electron chi connectivity index (χ4n) is 14.4. The normalized spacial score (nSPS) is 45.1. The van der Waals surface area contributed by atoms with E-state index in [1.165, 1.54) is 56.1 Å². The van der Waals surface area contributed by atoms with Crippen molar-refractivity contribution in [2.45, 2.75) is 132 Å². The first-order chi connectivity index (χ1) is 22.9. The molecule has 4 fully saturated rings. The molecule has 5 nitrogen and oxygen atoms in total. The number of rotatable bonds is 10. The third kappa shape index (κ3) is 5.56. The topological polar surface area (TPSA) is 72.8 Å². The maximum Gasteiger partial charge on any atom is 0.312 e. The number of hydrogen-bond acceptors (Lipinski definition) is 4. The Bertz CT molecular complexity index is 1320. The van der Waals surface area contributed by atoms with Crippen LogP contribution in [-0.4, -0.2) is 67.6 Å². The summed E-state index contributed by atoms with van der Waals surface area (Å²) in [5.41, 5.74) is 2.22. The van der Waals surface area contributed by atoms with Crippen LogP contribution < -0.4 is 5.32 Å². The summed E-state index contributed by atoms with van der Waals surface area (Å²) in [5.74, 6) is 2.82. The predicted molar refractivity (Wildman–Crippen MR) is 198 cm³/mol. The summed E-state index contributed by atoms with van der Waals surface area (Å²) < 4.78 is 14.0. The van der Waals surface area contributed by atoms with Crippen molar-refractivity contribution in [1.82, 2.24) is 10.2 Å². The van der Waals surface area contributed by atoms with Crippen LogP contribution in [0.5, 0.6) is 0 Å². The van der Waals surface area contributed by atoms with Crippen LogP contribution in [0.15, 0.2) is 23.3 Å². The highest BCUT2D eigenvalue weighted by atomic mass is 19.1. The van der Waals surface area contributed by atoms with Crippen molar-refractivity contribution in [2.24, 2.45) is 68.0 Å². The van der Waals surface area contributed by atoms with E-state index in [1.807, 2.05) is 0 Å². The average molecular weight is 683 g/mol. The maximum atomic E-state index is 14.0. The number of allylic oxidation sites excluding steroid dienone is 4. The van der Waals surface area contributed by atoms with Gasteiger partial charge in [0, 0.05) is 25.0 Å². The van der Waals surface area contributed by atoms with E-state index in [0.29, 0.717) is 61.3 Å². The molecule has 0 amide bonds. The van der Waals surface area contributed by atoms with Crippen molar-refractivity contribution in [3.8, 4) is 0 Å². The van der Waals surface area contributed by atoms with Crippen molar-refractivity contribution in [2.75, 3.05) is 40.4 Å². The van der Waals surface area contributed by atoms with Gasteiger partial charge in [0.25, 0.3) is 0 Å². The van der Waals surface area contributed by atoms with Gasteiger partial charge >= 0.3 is 5.97 Å². The quantitative estimate of drug-likeness (QED) is 0.201. The Morgan fingerprint density at radius 3 is 2.29 bits per heavy atom. The van der Waals surface area contributed by atoms with E-state index < -0.39 is 18.1 Å². The molecule has 1 unspecified atom stereocenters. The van der Waals surface area contributed by atoms with Crippen LogP contribution in [0.4, 0.5) is 4.39 Å². The number of carbonyl (C=O) groups is 1. The second-order valence-corrected chi connectivity index (χ2v) is 20.1. The van der Waals surface area contributed by atoms with Crippen LogP contribution in [0.25, 0.3) is 0 Å². The summed E-state index contributed by atoms with van der Waals surface area (Å²) in [7, 11) is 4.23. The minimum absolute atomic E-state index is 0.00351. The highest BCUT2D eigenvalue weighted by Gasteiger charge is 2.71. The number of likely N-dealkylation sites (N-methyl/N-ethyl adjacent to an activating group) is 1. The first-order valence-corrected chi connectivity index (χ1v) is 20.2. The zero-order valence-corrected chi connectivity index (χ0v) is 32.6. The first-order valence-electron chi connectivity index (χ1n) is 20.2. The van der Waals surface area contributed by atoms with E-state index in [9.17, 15) is 19.4 Å². The van der Waals surface area contributed by atoms with Gasteiger partial charge in [-0.25, -0.2) is 4.39 Å². The van der Waals surface area contributed by atoms with Crippen LogP contribution in [-0.2, 0) is 4.79 Å². The molecule has 49 heavy (non-hydrogen) atoms. The molecule has 0 aromatic heterocycles. The Labute approximate surface area is 298 Å². The Hall–Kier alpha value is -1.24. The Morgan fingerprint density at radius 2 is 1.67 bits per heavy atom. The molecule has 278 valence electrons. The number of carboxylic acid groups (broad SMARTS) is 1. The van der Waals surface area contributed by atoms with Crippen molar-refractivity contribution in [1.29, 1.82) is 0 Å². The van der Waals surface area contributed by atoms with E-state index in [4.69, 9.17) is 0 Å². The molecule has 0 radical (unpaired) electrons. The monoisotopic (exact) mass is 683 g/mol. The molecule has 4 saturated carbocycles. The molecule has 0 spiro atoms. The molecular weight excluding hydrogens is 611 g/mol. The van der Waals surface area contributed by atoms with E-state index in [0.717, 1.165) is 25.9 Å². The number of nitrogens with one attached hydrogen (secondary N) is 1. The summed E-state index contributed by atoms with van der Waals surface area (Å²) >= 11 is 0. The van der Waals surface area contributed by atoms with Gasteiger partial charge in [0.2, 0.25) is 0 Å². The van der Waals surface area contributed by atoms with Crippen molar-refractivity contribution in [3.63, 3.8) is 0 Å². The second-order valence-electron chi connectivity index (χ2n) is 20.1. The van der Waals surface area contributed by atoms with Gasteiger partial charge in [0.1, 0.15) is 6.67 Å². The fourth-order valence-corrected chi connectivity index (χ4v) is 14.4. The Kier molecular flexibility index (Phi) is 9.96. The predicted octanol–water partition coefficient (Wildman–Crippen LogP) is 8.92. The van der Waals surface area contributed by atoms with Crippen LogP contribution >= 0.6 is 0 Å². The van der Waals surface area contributed by atoms with E-state index in [2.05, 4.69) is 84.9 Å². The zero-order chi connectivity index (χ0) is 35.8. The van der Waals surface area contributed by atoms with Gasteiger partial charge in [-0.3, -0.25) is 4.79 Å². The summed E-state index contributed by atoms with van der Waals surface area (Å²) in [5, 5.41) is 25.5. The lowest BCUT2D eigenvalue weighted by molar-refractivity contribution is -0.238. The SMILES string of the molecule is CC(C)[C@@H]1CC[C@]2(C(O)CNCCN(C)C)CC[C@]3(C)[C@H](CC[C@@H]4[C@@]5(C)CC=C(C6=CC[C@](CF)(C(=O)O)CC6)C(C)(C)[C@@H]5CC[C@]43C)[C@@H]12.